The van der Waals surface area contributed by atoms with Crippen LogP contribution in [-0.2, 0) is 5.41 Å². The molecule has 5 heteroatoms. The molecule has 21 heavy (non-hydrogen) atoms. The van der Waals surface area contributed by atoms with Crippen LogP contribution >= 0.6 is 11.3 Å². The Morgan fingerprint density at radius 3 is 2.57 bits per heavy atom. The number of hydrogen-bond acceptors (Lipinski definition) is 4. The summed E-state index contributed by atoms with van der Waals surface area (Å²) < 4.78 is 13.4. The first-order valence-electron chi connectivity index (χ1n) is 6.69. The van der Waals surface area contributed by atoms with E-state index in [1.807, 2.05) is 18.4 Å². The third-order valence-electron chi connectivity index (χ3n) is 2.94. The Morgan fingerprint density at radius 1 is 1.33 bits per heavy atom. The lowest BCUT2D eigenvalue weighted by Gasteiger charge is -2.15. The number of nitrogens with one attached hydrogen (secondary N) is 1. The molecule has 1 N–H and O–H groups in total. The van der Waals surface area contributed by atoms with Gasteiger partial charge in [0.2, 0.25) is 0 Å². The van der Waals surface area contributed by atoms with Gasteiger partial charge in [0.15, 0.2) is 6.04 Å². The highest BCUT2D eigenvalue weighted by Crippen LogP contribution is 2.29. The van der Waals surface area contributed by atoms with Gasteiger partial charge in [-0.3, -0.25) is 0 Å². The molecule has 1 unspecified atom stereocenters. The Bertz CT molecular complexity index is 659. The highest BCUT2D eigenvalue weighted by Gasteiger charge is 2.21. The van der Waals surface area contributed by atoms with Crippen LogP contribution in [0.15, 0.2) is 23.6 Å². The van der Waals surface area contributed by atoms with Crippen molar-refractivity contribution in [3.8, 4) is 6.07 Å². The van der Waals surface area contributed by atoms with Gasteiger partial charge < -0.3 is 5.32 Å². The second kappa shape index (κ2) is 5.82. The predicted molar refractivity (Wildman–Crippen MR) is 83.9 cm³/mol. The number of hydrogen-bond donors (Lipinski definition) is 1. The maximum absolute atomic E-state index is 13.4. The summed E-state index contributed by atoms with van der Waals surface area (Å²) in [7, 11) is 0. The zero-order chi connectivity index (χ0) is 15.6. The SMILES string of the molecule is Cc1cc(F)cc(NC(C#N)c2csc(C(C)(C)C)n2)c1. The van der Waals surface area contributed by atoms with Crippen molar-refractivity contribution in [2.24, 2.45) is 0 Å². The predicted octanol–water partition coefficient (Wildman–Crippen LogP) is 4.56. The molecule has 2 aromatic rings. The molecule has 0 aliphatic carbocycles. The highest BCUT2D eigenvalue weighted by atomic mass is 32.1. The van der Waals surface area contributed by atoms with Crippen molar-refractivity contribution >= 4 is 17.0 Å². The molecule has 0 amide bonds. The Labute approximate surface area is 128 Å². The maximum Gasteiger partial charge on any atom is 0.158 e. The van der Waals surface area contributed by atoms with E-state index in [1.165, 1.54) is 12.1 Å². The largest absolute Gasteiger partial charge is 0.365 e. The van der Waals surface area contributed by atoms with E-state index >= 15 is 0 Å². The lowest BCUT2D eigenvalue weighted by atomic mass is 9.98. The molecular weight excluding hydrogens is 285 g/mol. The maximum atomic E-state index is 13.4. The molecule has 2 rings (SSSR count). The molecule has 110 valence electrons. The number of nitrogens with zero attached hydrogens (tertiary/aromatic N) is 2. The molecule has 0 spiro atoms. The van der Waals surface area contributed by atoms with Crippen LogP contribution in [0.2, 0.25) is 0 Å². The van der Waals surface area contributed by atoms with Gasteiger partial charge in [0.05, 0.1) is 16.8 Å². The molecule has 1 heterocycles. The molecule has 1 atom stereocenters. The molecule has 0 aliphatic heterocycles. The molecule has 0 aliphatic rings. The molecular formula is C16H18FN3S. The molecule has 1 aromatic carbocycles. The number of aryl methyl sites for hydroxylation is 1. The Balaban J connectivity index is 2.24. The molecule has 1 aromatic heterocycles. The monoisotopic (exact) mass is 303 g/mol. The van der Waals surface area contributed by atoms with Crippen LogP contribution in [0.3, 0.4) is 0 Å². The van der Waals surface area contributed by atoms with Gasteiger partial charge in [0.1, 0.15) is 5.82 Å². The lowest BCUT2D eigenvalue weighted by Crippen LogP contribution is -2.13. The molecule has 0 radical (unpaired) electrons. The second-order valence-electron chi connectivity index (χ2n) is 6.05. The first-order chi connectivity index (χ1) is 9.79. The van der Waals surface area contributed by atoms with Crippen LogP contribution in [0, 0.1) is 24.1 Å². The number of aromatic nitrogens is 1. The second-order valence-corrected chi connectivity index (χ2v) is 6.91. The quantitative estimate of drug-likeness (QED) is 0.904. The van der Waals surface area contributed by atoms with E-state index in [-0.39, 0.29) is 11.2 Å². The van der Waals surface area contributed by atoms with Crippen molar-refractivity contribution in [2.75, 3.05) is 5.32 Å². The van der Waals surface area contributed by atoms with Crippen LogP contribution in [0.1, 0.15) is 43.1 Å². The van der Waals surface area contributed by atoms with Crippen molar-refractivity contribution in [1.82, 2.24) is 4.98 Å². The van der Waals surface area contributed by atoms with Gasteiger partial charge in [-0.25, -0.2) is 9.37 Å². The summed E-state index contributed by atoms with van der Waals surface area (Å²) in [6.07, 6.45) is 0. The van der Waals surface area contributed by atoms with Crippen LogP contribution in [-0.4, -0.2) is 4.98 Å². The topological polar surface area (TPSA) is 48.7 Å². The lowest BCUT2D eigenvalue weighted by molar-refractivity contribution is 0.582. The van der Waals surface area contributed by atoms with Crippen LogP contribution in [0.4, 0.5) is 10.1 Å². The van der Waals surface area contributed by atoms with Crippen molar-refractivity contribution in [2.45, 2.75) is 39.2 Å². The van der Waals surface area contributed by atoms with E-state index in [0.717, 1.165) is 10.6 Å². The molecule has 0 saturated heterocycles. The van der Waals surface area contributed by atoms with Gasteiger partial charge in [0, 0.05) is 16.5 Å². The number of thiazole rings is 1. The average molecular weight is 303 g/mol. The zero-order valence-electron chi connectivity index (χ0n) is 12.6. The smallest absolute Gasteiger partial charge is 0.158 e. The van der Waals surface area contributed by atoms with Gasteiger partial charge in [-0.2, -0.15) is 5.26 Å². The van der Waals surface area contributed by atoms with Crippen molar-refractivity contribution in [3.05, 3.63) is 45.7 Å². The van der Waals surface area contributed by atoms with Gasteiger partial charge in [-0.15, -0.1) is 11.3 Å². The summed E-state index contributed by atoms with van der Waals surface area (Å²) >= 11 is 1.54. The molecule has 3 nitrogen and oxygen atoms in total. The summed E-state index contributed by atoms with van der Waals surface area (Å²) in [5.41, 5.74) is 2.03. The number of anilines is 1. The third-order valence-corrected chi connectivity index (χ3v) is 4.23. The Kier molecular flexibility index (Phi) is 4.29. The van der Waals surface area contributed by atoms with Crippen LogP contribution in [0.5, 0.6) is 0 Å². The van der Waals surface area contributed by atoms with E-state index < -0.39 is 6.04 Å². The normalized spacial score (nSPS) is 12.8. The summed E-state index contributed by atoms with van der Waals surface area (Å²) in [6, 6.07) is 6.24. The first kappa shape index (κ1) is 15.5. The van der Waals surface area contributed by atoms with Gasteiger partial charge in [-0.1, -0.05) is 20.8 Å². The number of nitriles is 1. The molecule has 0 bridgehead atoms. The number of rotatable bonds is 3. The van der Waals surface area contributed by atoms with Crippen molar-refractivity contribution in [3.63, 3.8) is 0 Å². The first-order valence-corrected chi connectivity index (χ1v) is 7.57. The van der Waals surface area contributed by atoms with Crippen molar-refractivity contribution < 1.29 is 4.39 Å². The van der Waals surface area contributed by atoms with E-state index in [0.29, 0.717) is 11.4 Å². The minimum atomic E-state index is -0.585. The zero-order valence-corrected chi connectivity index (χ0v) is 13.4. The Morgan fingerprint density at radius 2 is 2.05 bits per heavy atom. The summed E-state index contributed by atoms with van der Waals surface area (Å²) in [5.74, 6) is -0.317. The van der Waals surface area contributed by atoms with Gasteiger partial charge >= 0.3 is 0 Å². The fourth-order valence-corrected chi connectivity index (χ4v) is 2.85. The van der Waals surface area contributed by atoms with E-state index in [2.05, 4.69) is 37.1 Å². The fraction of sp³-hybridized carbons (Fsp3) is 0.375. The molecule has 0 fully saturated rings. The summed E-state index contributed by atoms with van der Waals surface area (Å²) in [5, 5.41) is 15.2. The summed E-state index contributed by atoms with van der Waals surface area (Å²) in [4.78, 5) is 4.53. The highest BCUT2D eigenvalue weighted by molar-refractivity contribution is 7.09. The van der Waals surface area contributed by atoms with E-state index in [1.54, 1.807) is 11.3 Å². The minimum Gasteiger partial charge on any atom is -0.365 e. The number of halogens is 1. The standard InChI is InChI=1S/C16H18FN3S/c1-10-5-11(17)7-12(6-10)19-13(8-18)14-9-21-15(20-14)16(2,3)4/h5-7,9,13,19H,1-4H3. The van der Waals surface area contributed by atoms with Gasteiger partial charge in [-0.05, 0) is 30.7 Å². The number of benzene rings is 1. The Hall–Kier alpha value is -1.93. The summed E-state index contributed by atoms with van der Waals surface area (Å²) in [6.45, 7) is 8.07. The fourth-order valence-electron chi connectivity index (χ4n) is 1.92. The van der Waals surface area contributed by atoms with Crippen LogP contribution < -0.4 is 5.32 Å². The van der Waals surface area contributed by atoms with E-state index in [9.17, 15) is 9.65 Å². The van der Waals surface area contributed by atoms with E-state index in [4.69, 9.17) is 0 Å². The minimum absolute atomic E-state index is 0.0433. The van der Waals surface area contributed by atoms with Gasteiger partial charge in [0.25, 0.3) is 0 Å². The van der Waals surface area contributed by atoms with Crippen LogP contribution in [0.25, 0.3) is 0 Å². The average Bonchev–Trinajstić information content (AvgIpc) is 2.84. The van der Waals surface area contributed by atoms with Crippen molar-refractivity contribution in [1.29, 1.82) is 5.26 Å². The third kappa shape index (κ3) is 3.79. The molecule has 0 saturated carbocycles.